The molecule has 0 aliphatic carbocycles. The van der Waals surface area contributed by atoms with Gasteiger partial charge in [0.1, 0.15) is 11.6 Å². The molecule has 140 valence electrons. The van der Waals surface area contributed by atoms with Gasteiger partial charge in [-0.05, 0) is 57.0 Å². The number of carbonyl (C=O) groups is 1. The number of carbonyl (C=O) groups excluding carboxylic acids is 1. The van der Waals surface area contributed by atoms with Crippen LogP contribution < -0.4 is 10.6 Å². The third kappa shape index (κ3) is 5.27. The van der Waals surface area contributed by atoms with E-state index in [-0.39, 0.29) is 5.91 Å². The summed E-state index contributed by atoms with van der Waals surface area (Å²) in [5, 5.41) is 15.2. The second-order valence-corrected chi connectivity index (χ2v) is 7.74. The van der Waals surface area contributed by atoms with Crippen LogP contribution in [0, 0.1) is 11.8 Å². The predicted molar refractivity (Wildman–Crippen MR) is 98.3 cm³/mol. The molecule has 3 heterocycles. The number of aryl methyl sites for hydroxylation is 2. The normalized spacial score (nSPS) is 22.0. The zero-order valence-corrected chi connectivity index (χ0v) is 15.6. The van der Waals surface area contributed by atoms with Gasteiger partial charge < -0.3 is 15.2 Å². The molecule has 2 aliphatic rings. The van der Waals surface area contributed by atoms with Gasteiger partial charge in [0.25, 0.3) is 0 Å². The van der Waals surface area contributed by atoms with Gasteiger partial charge in [0.05, 0.1) is 0 Å². The molecule has 0 bridgehead atoms. The van der Waals surface area contributed by atoms with E-state index in [1.165, 1.54) is 32.1 Å². The Morgan fingerprint density at radius 2 is 2.24 bits per heavy atom. The highest BCUT2D eigenvalue weighted by atomic mass is 16.1. The monoisotopic (exact) mass is 347 g/mol. The van der Waals surface area contributed by atoms with Crippen molar-refractivity contribution in [2.45, 2.75) is 71.3 Å². The number of nitrogens with one attached hydrogen (secondary N) is 2. The first-order valence-electron chi connectivity index (χ1n) is 10.1. The van der Waals surface area contributed by atoms with Crippen LogP contribution in [0.3, 0.4) is 0 Å². The van der Waals surface area contributed by atoms with Crippen molar-refractivity contribution in [3.05, 3.63) is 11.6 Å². The number of hydrogen-bond donors (Lipinski definition) is 2. The molecule has 2 unspecified atom stereocenters. The summed E-state index contributed by atoms with van der Waals surface area (Å²) >= 11 is 0. The molecule has 1 saturated heterocycles. The maximum Gasteiger partial charge on any atom is 0.220 e. The van der Waals surface area contributed by atoms with E-state index in [1.54, 1.807) is 0 Å². The van der Waals surface area contributed by atoms with Gasteiger partial charge in [-0.2, -0.15) is 0 Å². The summed E-state index contributed by atoms with van der Waals surface area (Å²) in [6.45, 7) is 6.19. The third-order valence-corrected chi connectivity index (χ3v) is 5.73. The van der Waals surface area contributed by atoms with E-state index in [4.69, 9.17) is 0 Å². The lowest BCUT2D eigenvalue weighted by molar-refractivity contribution is -0.122. The first kappa shape index (κ1) is 18.4. The molecule has 0 aromatic carbocycles. The van der Waals surface area contributed by atoms with Gasteiger partial charge in [-0.3, -0.25) is 4.79 Å². The van der Waals surface area contributed by atoms with E-state index in [2.05, 4.69) is 32.3 Å². The molecule has 0 spiro atoms. The Kier molecular flexibility index (Phi) is 6.84. The smallest absolute Gasteiger partial charge is 0.220 e. The minimum atomic E-state index is 0.193. The maximum absolute atomic E-state index is 12.2. The van der Waals surface area contributed by atoms with E-state index in [9.17, 15) is 4.79 Å². The standard InChI is InChI=1S/C19H33N5O/c1-15(16-7-5-10-20-14-16)13-19(25)21-11-6-9-18-23-22-17-8-3-2-4-12-24(17)18/h15-16,20H,2-14H2,1H3,(H,21,25). The van der Waals surface area contributed by atoms with Gasteiger partial charge in [-0.15, -0.1) is 10.2 Å². The second-order valence-electron chi connectivity index (χ2n) is 7.74. The molecule has 6 heteroatoms. The van der Waals surface area contributed by atoms with Crippen molar-refractivity contribution in [1.82, 2.24) is 25.4 Å². The van der Waals surface area contributed by atoms with E-state index >= 15 is 0 Å². The van der Waals surface area contributed by atoms with Crippen LogP contribution in [-0.4, -0.2) is 40.3 Å². The number of nitrogens with zero attached hydrogens (tertiary/aromatic N) is 3. The van der Waals surface area contributed by atoms with Crippen molar-refractivity contribution in [3.8, 4) is 0 Å². The van der Waals surface area contributed by atoms with Crippen LogP contribution in [0.15, 0.2) is 0 Å². The number of rotatable bonds is 7. The van der Waals surface area contributed by atoms with E-state index < -0.39 is 0 Å². The van der Waals surface area contributed by atoms with Crippen molar-refractivity contribution in [2.75, 3.05) is 19.6 Å². The van der Waals surface area contributed by atoms with Gasteiger partial charge in [-0.1, -0.05) is 13.3 Å². The first-order valence-corrected chi connectivity index (χ1v) is 10.1. The van der Waals surface area contributed by atoms with Gasteiger partial charge in [-0.25, -0.2) is 0 Å². The number of fused-ring (bicyclic) bond motifs is 1. The Balaban J connectivity index is 1.35. The van der Waals surface area contributed by atoms with Crippen LogP contribution in [-0.2, 0) is 24.2 Å². The van der Waals surface area contributed by atoms with Crippen molar-refractivity contribution in [3.63, 3.8) is 0 Å². The van der Waals surface area contributed by atoms with Gasteiger partial charge in [0.2, 0.25) is 5.91 Å². The van der Waals surface area contributed by atoms with Crippen molar-refractivity contribution in [1.29, 1.82) is 0 Å². The zero-order valence-electron chi connectivity index (χ0n) is 15.6. The fourth-order valence-electron chi connectivity index (χ4n) is 4.10. The molecule has 0 radical (unpaired) electrons. The molecule has 2 N–H and O–H groups in total. The highest BCUT2D eigenvalue weighted by Gasteiger charge is 2.22. The average molecular weight is 348 g/mol. The van der Waals surface area contributed by atoms with Gasteiger partial charge >= 0.3 is 0 Å². The minimum absolute atomic E-state index is 0.193. The van der Waals surface area contributed by atoms with Gasteiger partial charge in [0.15, 0.2) is 0 Å². The lowest BCUT2D eigenvalue weighted by Gasteiger charge is -2.28. The average Bonchev–Trinajstić information content (AvgIpc) is 2.86. The highest BCUT2D eigenvalue weighted by molar-refractivity contribution is 5.76. The maximum atomic E-state index is 12.2. The summed E-state index contributed by atoms with van der Waals surface area (Å²) in [6.07, 6.45) is 9.75. The topological polar surface area (TPSA) is 71.8 Å². The Labute approximate surface area is 151 Å². The summed E-state index contributed by atoms with van der Waals surface area (Å²) in [4.78, 5) is 12.2. The van der Waals surface area contributed by atoms with E-state index in [0.717, 1.165) is 57.1 Å². The molecule has 3 rings (SSSR count). The predicted octanol–water partition coefficient (Wildman–Crippen LogP) is 2.08. The Morgan fingerprint density at radius 1 is 1.32 bits per heavy atom. The fraction of sp³-hybridized carbons (Fsp3) is 0.842. The summed E-state index contributed by atoms with van der Waals surface area (Å²) in [6, 6.07) is 0. The molecule has 25 heavy (non-hydrogen) atoms. The largest absolute Gasteiger partial charge is 0.356 e. The van der Waals surface area contributed by atoms with Crippen LogP contribution in [0.25, 0.3) is 0 Å². The molecule has 2 aliphatic heterocycles. The summed E-state index contributed by atoms with van der Waals surface area (Å²) in [5.74, 6) is 3.53. The van der Waals surface area contributed by atoms with Crippen molar-refractivity contribution < 1.29 is 4.79 Å². The number of hydrogen-bond acceptors (Lipinski definition) is 4. The van der Waals surface area contributed by atoms with Crippen LogP contribution in [0.2, 0.25) is 0 Å². The summed E-state index contributed by atoms with van der Waals surface area (Å²) in [5.41, 5.74) is 0. The van der Waals surface area contributed by atoms with Crippen LogP contribution >= 0.6 is 0 Å². The van der Waals surface area contributed by atoms with Crippen molar-refractivity contribution >= 4 is 5.91 Å². The van der Waals surface area contributed by atoms with Gasteiger partial charge in [0, 0.05) is 32.4 Å². The lowest BCUT2D eigenvalue weighted by Crippen LogP contribution is -2.35. The minimum Gasteiger partial charge on any atom is -0.356 e. The molecule has 6 nitrogen and oxygen atoms in total. The number of piperidine rings is 1. The fourth-order valence-corrected chi connectivity index (χ4v) is 4.10. The Hall–Kier alpha value is -1.43. The molecule has 1 aromatic heterocycles. The molecule has 1 aromatic rings. The van der Waals surface area contributed by atoms with Crippen LogP contribution in [0.5, 0.6) is 0 Å². The number of aromatic nitrogens is 3. The molecule has 1 amide bonds. The Bertz CT molecular complexity index is 550. The second kappa shape index (κ2) is 9.32. The van der Waals surface area contributed by atoms with E-state index in [0.29, 0.717) is 18.3 Å². The molecular formula is C19H33N5O. The zero-order chi connectivity index (χ0) is 17.5. The molecular weight excluding hydrogens is 314 g/mol. The Morgan fingerprint density at radius 3 is 3.08 bits per heavy atom. The van der Waals surface area contributed by atoms with Crippen LogP contribution in [0.4, 0.5) is 0 Å². The SMILES string of the molecule is CC(CC(=O)NCCCc1nnc2n1CCCCC2)C1CCCNC1. The third-order valence-electron chi connectivity index (χ3n) is 5.73. The first-order chi connectivity index (χ1) is 12.2. The van der Waals surface area contributed by atoms with Crippen LogP contribution in [0.1, 0.15) is 63.5 Å². The molecule has 2 atom stereocenters. The molecule has 0 saturated carbocycles. The molecule has 1 fully saturated rings. The highest BCUT2D eigenvalue weighted by Crippen LogP contribution is 2.22. The lowest BCUT2D eigenvalue weighted by atomic mass is 9.85. The summed E-state index contributed by atoms with van der Waals surface area (Å²) < 4.78 is 2.30. The van der Waals surface area contributed by atoms with E-state index in [1.807, 2.05) is 0 Å². The quantitative estimate of drug-likeness (QED) is 0.741. The van der Waals surface area contributed by atoms with Crippen molar-refractivity contribution in [2.24, 2.45) is 11.8 Å². The number of amides is 1. The summed E-state index contributed by atoms with van der Waals surface area (Å²) in [7, 11) is 0.